The molecule has 1 aliphatic heterocycles. The smallest absolute Gasteiger partial charge is 0.264 e. The van der Waals surface area contributed by atoms with Crippen LogP contribution in [0.25, 0.3) is 0 Å². The van der Waals surface area contributed by atoms with Crippen LogP contribution in [0.2, 0.25) is 0 Å². The van der Waals surface area contributed by atoms with Gasteiger partial charge < -0.3 is 9.47 Å². The molecule has 136 valence electrons. The standard InChI is InChI=1S/C22H18BrNO3/c23-21-19(12-7-13-20(21)27-15-18-14-26-18)22(25)24(16-8-3-1-4-9-16)17-10-5-2-6-11-17/h1-13,18H,14-15H2. The van der Waals surface area contributed by atoms with Gasteiger partial charge >= 0.3 is 0 Å². The number of halogens is 1. The number of benzene rings is 3. The Labute approximate surface area is 166 Å². The summed E-state index contributed by atoms with van der Waals surface area (Å²) in [5.41, 5.74) is 2.15. The zero-order valence-corrected chi connectivity index (χ0v) is 16.1. The Morgan fingerprint density at radius 3 is 2.11 bits per heavy atom. The SMILES string of the molecule is O=C(c1cccc(OCC2CO2)c1Br)N(c1ccccc1)c1ccccc1. The highest BCUT2D eigenvalue weighted by atomic mass is 79.9. The van der Waals surface area contributed by atoms with Gasteiger partial charge in [-0.3, -0.25) is 9.69 Å². The van der Waals surface area contributed by atoms with Crippen molar-refractivity contribution in [3.8, 4) is 5.75 Å². The van der Waals surface area contributed by atoms with E-state index in [1.54, 1.807) is 11.0 Å². The number of ether oxygens (including phenoxy) is 2. The summed E-state index contributed by atoms with van der Waals surface area (Å²) in [4.78, 5) is 15.2. The van der Waals surface area contributed by atoms with Crippen molar-refractivity contribution < 1.29 is 14.3 Å². The first-order valence-corrected chi connectivity index (χ1v) is 9.51. The minimum absolute atomic E-state index is 0.132. The quantitative estimate of drug-likeness (QED) is 0.511. The molecular weight excluding hydrogens is 406 g/mol. The topological polar surface area (TPSA) is 42.1 Å². The largest absolute Gasteiger partial charge is 0.490 e. The lowest BCUT2D eigenvalue weighted by Crippen LogP contribution is -2.26. The molecule has 27 heavy (non-hydrogen) atoms. The molecule has 0 spiro atoms. The number of hydrogen-bond acceptors (Lipinski definition) is 3. The molecule has 0 radical (unpaired) electrons. The molecule has 0 aromatic heterocycles. The fourth-order valence-electron chi connectivity index (χ4n) is 2.79. The number of nitrogens with zero attached hydrogens (tertiary/aromatic N) is 1. The second-order valence-electron chi connectivity index (χ2n) is 6.20. The molecule has 0 bridgehead atoms. The van der Waals surface area contributed by atoms with Gasteiger partial charge in [0.05, 0.1) is 16.6 Å². The predicted octanol–water partition coefficient (Wildman–Crippen LogP) is 5.21. The van der Waals surface area contributed by atoms with E-state index in [0.29, 0.717) is 22.4 Å². The van der Waals surface area contributed by atoms with Crippen molar-refractivity contribution in [3.63, 3.8) is 0 Å². The monoisotopic (exact) mass is 423 g/mol. The van der Waals surface area contributed by atoms with Gasteiger partial charge in [0.1, 0.15) is 18.5 Å². The van der Waals surface area contributed by atoms with E-state index in [1.807, 2.05) is 72.8 Å². The zero-order chi connectivity index (χ0) is 18.6. The van der Waals surface area contributed by atoms with Gasteiger partial charge in [0.15, 0.2) is 0 Å². The fraction of sp³-hybridized carbons (Fsp3) is 0.136. The van der Waals surface area contributed by atoms with Gasteiger partial charge in [0, 0.05) is 11.4 Å². The Morgan fingerprint density at radius 2 is 1.56 bits per heavy atom. The molecule has 1 fully saturated rings. The van der Waals surface area contributed by atoms with E-state index in [2.05, 4.69) is 15.9 Å². The second-order valence-corrected chi connectivity index (χ2v) is 6.99. The first-order valence-electron chi connectivity index (χ1n) is 8.71. The van der Waals surface area contributed by atoms with Crippen molar-refractivity contribution in [2.45, 2.75) is 6.10 Å². The van der Waals surface area contributed by atoms with Gasteiger partial charge in [-0.25, -0.2) is 0 Å². The van der Waals surface area contributed by atoms with E-state index in [1.165, 1.54) is 0 Å². The predicted molar refractivity (Wildman–Crippen MR) is 109 cm³/mol. The Bertz CT molecular complexity index is 887. The van der Waals surface area contributed by atoms with Crippen LogP contribution in [0, 0.1) is 0 Å². The molecule has 5 heteroatoms. The average molecular weight is 424 g/mol. The molecule has 4 rings (SSSR count). The Kier molecular flexibility index (Phi) is 5.23. The van der Waals surface area contributed by atoms with E-state index < -0.39 is 0 Å². The van der Waals surface area contributed by atoms with Crippen LogP contribution in [-0.2, 0) is 4.74 Å². The van der Waals surface area contributed by atoms with Crippen LogP contribution >= 0.6 is 15.9 Å². The second kappa shape index (κ2) is 7.94. The van der Waals surface area contributed by atoms with Crippen molar-refractivity contribution in [2.24, 2.45) is 0 Å². The summed E-state index contributed by atoms with van der Waals surface area (Å²) in [6, 6.07) is 24.7. The molecule has 0 N–H and O–H groups in total. The molecule has 1 saturated heterocycles. The van der Waals surface area contributed by atoms with Gasteiger partial charge in [-0.05, 0) is 52.3 Å². The van der Waals surface area contributed by atoms with Crippen molar-refractivity contribution in [2.75, 3.05) is 18.1 Å². The molecular formula is C22H18BrNO3. The number of epoxide rings is 1. The van der Waals surface area contributed by atoms with Gasteiger partial charge in [-0.1, -0.05) is 42.5 Å². The molecule has 3 aromatic rings. The van der Waals surface area contributed by atoms with Crippen LogP contribution in [0.1, 0.15) is 10.4 Å². The summed E-state index contributed by atoms with van der Waals surface area (Å²) in [7, 11) is 0. The van der Waals surface area contributed by atoms with Crippen LogP contribution in [0.4, 0.5) is 11.4 Å². The molecule has 1 heterocycles. The molecule has 1 amide bonds. The molecule has 0 saturated carbocycles. The summed E-state index contributed by atoms with van der Waals surface area (Å²) >= 11 is 3.55. The van der Waals surface area contributed by atoms with Gasteiger partial charge in [0.25, 0.3) is 5.91 Å². The van der Waals surface area contributed by atoms with Crippen LogP contribution in [0.5, 0.6) is 5.75 Å². The van der Waals surface area contributed by atoms with Crippen molar-refractivity contribution in [3.05, 3.63) is 88.9 Å². The zero-order valence-electron chi connectivity index (χ0n) is 14.5. The number of para-hydroxylation sites is 2. The first kappa shape index (κ1) is 17.8. The fourth-order valence-corrected chi connectivity index (χ4v) is 3.34. The lowest BCUT2D eigenvalue weighted by Gasteiger charge is -2.24. The third-order valence-corrected chi connectivity index (χ3v) is 5.07. The lowest BCUT2D eigenvalue weighted by molar-refractivity contribution is 0.0998. The Balaban J connectivity index is 1.70. The molecule has 3 aromatic carbocycles. The third kappa shape index (κ3) is 4.04. The number of rotatable bonds is 6. The van der Waals surface area contributed by atoms with Crippen LogP contribution in [0.3, 0.4) is 0 Å². The normalized spacial score (nSPS) is 15.2. The van der Waals surface area contributed by atoms with Gasteiger partial charge in [0.2, 0.25) is 0 Å². The van der Waals surface area contributed by atoms with Crippen molar-refractivity contribution >= 4 is 33.2 Å². The van der Waals surface area contributed by atoms with E-state index in [0.717, 1.165) is 18.0 Å². The third-order valence-electron chi connectivity index (χ3n) is 4.25. The minimum Gasteiger partial charge on any atom is -0.490 e. The minimum atomic E-state index is -0.132. The van der Waals surface area contributed by atoms with Crippen LogP contribution < -0.4 is 9.64 Å². The van der Waals surface area contributed by atoms with Crippen molar-refractivity contribution in [1.82, 2.24) is 0 Å². The number of carbonyl (C=O) groups excluding carboxylic acids is 1. The lowest BCUT2D eigenvalue weighted by atomic mass is 10.1. The van der Waals surface area contributed by atoms with Gasteiger partial charge in [-0.2, -0.15) is 0 Å². The summed E-state index contributed by atoms with van der Waals surface area (Å²) in [6.45, 7) is 1.21. The molecule has 1 unspecified atom stereocenters. The van der Waals surface area contributed by atoms with E-state index in [4.69, 9.17) is 9.47 Å². The van der Waals surface area contributed by atoms with Gasteiger partial charge in [-0.15, -0.1) is 0 Å². The Morgan fingerprint density at radius 1 is 0.963 bits per heavy atom. The van der Waals surface area contributed by atoms with E-state index in [-0.39, 0.29) is 12.0 Å². The molecule has 1 atom stereocenters. The maximum absolute atomic E-state index is 13.5. The summed E-state index contributed by atoms with van der Waals surface area (Å²) in [5.74, 6) is 0.504. The number of hydrogen-bond donors (Lipinski definition) is 0. The highest BCUT2D eigenvalue weighted by Crippen LogP contribution is 2.34. The molecule has 0 aliphatic carbocycles. The summed E-state index contributed by atoms with van der Waals surface area (Å²) in [6.07, 6.45) is 0.154. The number of anilines is 2. The van der Waals surface area contributed by atoms with Crippen LogP contribution in [0.15, 0.2) is 83.3 Å². The maximum Gasteiger partial charge on any atom is 0.264 e. The van der Waals surface area contributed by atoms with Crippen molar-refractivity contribution in [1.29, 1.82) is 0 Å². The van der Waals surface area contributed by atoms with E-state index in [9.17, 15) is 4.79 Å². The first-order chi connectivity index (χ1) is 13.2. The average Bonchev–Trinajstić information content (AvgIpc) is 3.53. The maximum atomic E-state index is 13.5. The summed E-state index contributed by atoms with van der Waals surface area (Å²) in [5, 5.41) is 0. The number of amides is 1. The highest BCUT2D eigenvalue weighted by molar-refractivity contribution is 9.10. The number of carbonyl (C=O) groups is 1. The summed E-state index contributed by atoms with van der Waals surface area (Å²) < 4.78 is 11.6. The van der Waals surface area contributed by atoms with E-state index >= 15 is 0 Å². The Hall–Kier alpha value is -2.63. The molecule has 1 aliphatic rings. The molecule has 4 nitrogen and oxygen atoms in total. The van der Waals surface area contributed by atoms with Crippen LogP contribution in [-0.4, -0.2) is 25.2 Å². The highest BCUT2D eigenvalue weighted by Gasteiger charge is 2.26.